The van der Waals surface area contributed by atoms with Crippen LogP contribution in [0.15, 0.2) is 24.3 Å². The summed E-state index contributed by atoms with van der Waals surface area (Å²) in [4.78, 5) is 4.97. The number of benzene rings is 1. The zero-order chi connectivity index (χ0) is 15.2. The highest BCUT2D eigenvalue weighted by Crippen LogP contribution is 2.21. The number of halogens is 1. The van der Waals surface area contributed by atoms with E-state index in [0.717, 1.165) is 18.0 Å². The molecule has 1 aliphatic rings. The molecule has 118 valence electrons. The van der Waals surface area contributed by atoms with Gasteiger partial charge in [0.15, 0.2) is 0 Å². The first-order chi connectivity index (χ1) is 10.1. The molecule has 0 aliphatic carbocycles. The first kappa shape index (κ1) is 16.8. The van der Waals surface area contributed by atoms with Gasteiger partial charge in [-0.1, -0.05) is 23.7 Å². The third-order valence-electron chi connectivity index (χ3n) is 4.61. The van der Waals surface area contributed by atoms with E-state index in [9.17, 15) is 0 Å². The maximum atomic E-state index is 5.97. The van der Waals surface area contributed by atoms with Gasteiger partial charge in [-0.05, 0) is 71.2 Å². The molecule has 1 aliphatic heterocycles. The summed E-state index contributed by atoms with van der Waals surface area (Å²) in [5, 5.41) is 4.23. The van der Waals surface area contributed by atoms with E-state index in [0.29, 0.717) is 12.1 Å². The molecule has 1 heterocycles. The highest BCUT2D eigenvalue weighted by atomic mass is 35.5. The molecule has 1 fully saturated rings. The average Bonchev–Trinajstić information content (AvgIpc) is 2.49. The SMILES string of the molecule is CNC(CCN(C)C1CCCN(C)C1)c1ccc(Cl)cc1. The molecule has 0 aromatic heterocycles. The van der Waals surface area contributed by atoms with E-state index in [1.54, 1.807) is 0 Å². The van der Waals surface area contributed by atoms with E-state index >= 15 is 0 Å². The summed E-state index contributed by atoms with van der Waals surface area (Å²) in [6.45, 7) is 3.56. The molecule has 0 bridgehead atoms. The first-order valence-electron chi connectivity index (χ1n) is 7.91. The summed E-state index contributed by atoms with van der Waals surface area (Å²) < 4.78 is 0. The van der Waals surface area contributed by atoms with Gasteiger partial charge in [-0.25, -0.2) is 0 Å². The molecule has 0 radical (unpaired) electrons. The summed E-state index contributed by atoms with van der Waals surface area (Å²) in [5.41, 5.74) is 1.32. The van der Waals surface area contributed by atoms with Gasteiger partial charge in [-0.2, -0.15) is 0 Å². The van der Waals surface area contributed by atoms with Crippen molar-refractivity contribution in [1.82, 2.24) is 15.1 Å². The van der Waals surface area contributed by atoms with Crippen molar-refractivity contribution in [3.05, 3.63) is 34.9 Å². The lowest BCUT2D eigenvalue weighted by Gasteiger charge is -2.36. The minimum Gasteiger partial charge on any atom is -0.313 e. The molecule has 2 unspecified atom stereocenters. The van der Waals surface area contributed by atoms with Crippen molar-refractivity contribution in [3.63, 3.8) is 0 Å². The van der Waals surface area contributed by atoms with Crippen LogP contribution in [-0.4, -0.2) is 56.6 Å². The highest BCUT2D eigenvalue weighted by molar-refractivity contribution is 6.30. The van der Waals surface area contributed by atoms with E-state index < -0.39 is 0 Å². The fraction of sp³-hybridized carbons (Fsp3) is 0.647. The molecule has 0 spiro atoms. The van der Waals surface area contributed by atoms with Crippen LogP contribution in [0.1, 0.15) is 30.9 Å². The second-order valence-corrected chi connectivity index (χ2v) is 6.66. The number of piperidine rings is 1. The number of likely N-dealkylation sites (N-methyl/N-ethyl adjacent to an activating group) is 2. The molecule has 0 saturated carbocycles. The number of nitrogens with zero attached hydrogens (tertiary/aromatic N) is 2. The van der Waals surface area contributed by atoms with Gasteiger partial charge < -0.3 is 15.1 Å². The number of likely N-dealkylation sites (tertiary alicyclic amines) is 1. The third-order valence-corrected chi connectivity index (χ3v) is 4.87. The molecule has 0 amide bonds. The zero-order valence-electron chi connectivity index (χ0n) is 13.5. The summed E-state index contributed by atoms with van der Waals surface area (Å²) in [5.74, 6) is 0. The first-order valence-corrected chi connectivity index (χ1v) is 8.29. The minimum absolute atomic E-state index is 0.394. The number of rotatable bonds is 6. The Balaban J connectivity index is 1.86. The van der Waals surface area contributed by atoms with Crippen LogP contribution in [0, 0.1) is 0 Å². The largest absolute Gasteiger partial charge is 0.313 e. The van der Waals surface area contributed by atoms with Crippen molar-refractivity contribution in [2.45, 2.75) is 31.3 Å². The van der Waals surface area contributed by atoms with Gasteiger partial charge >= 0.3 is 0 Å². The van der Waals surface area contributed by atoms with Crippen molar-refractivity contribution in [2.24, 2.45) is 0 Å². The molecule has 21 heavy (non-hydrogen) atoms. The van der Waals surface area contributed by atoms with Crippen LogP contribution < -0.4 is 5.32 Å². The number of hydrogen-bond acceptors (Lipinski definition) is 3. The Morgan fingerprint density at radius 1 is 1.38 bits per heavy atom. The standard InChI is InChI=1S/C17H28ClN3/c1-19-17(14-6-8-15(18)9-7-14)10-12-21(3)16-5-4-11-20(2)13-16/h6-9,16-17,19H,4-5,10-13H2,1-3H3. The second-order valence-electron chi connectivity index (χ2n) is 6.22. The van der Waals surface area contributed by atoms with Gasteiger partial charge in [0, 0.05) is 23.7 Å². The Hall–Kier alpha value is -0.610. The smallest absolute Gasteiger partial charge is 0.0406 e. The van der Waals surface area contributed by atoms with E-state index in [1.165, 1.54) is 31.5 Å². The molecule has 1 aromatic carbocycles. The van der Waals surface area contributed by atoms with Crippen LogP contribution >= 0.6 is 11.6 Å². The Kier molecular flexibility index (Phi) is 6.49. The monoisotopic (exact) mass is 309 g/mol. The molecular formula is C17H28ClN3. The highest BCUT2D eigenvalue weighted by Gasteiger charge is 2.21. The number of nitrogens with one attached hydrogen (secondary N) is 1. The minimum atomic E-state index is 0.394. The third kappa shape index (κ3) is 4.96. The Labute approximate surface area is 134 Å². The van der Waals surface area contributed by atoms with Gasteiger partial charge in [-0.3, -0.25) is 0 Å². The normalized spacial score (nSPS) is 21.7. The second kappa shape index (κ2) is 8.14. The molecule has 2 atom stereocenters. The summed E-state index contributed by atoms with van der Waals surface area (Å²) in [6.07, 6.45) is 3.76. The van der Waals surface area contributed by atoms with E-state index in [1.807, 2.05) is 19.2 Å². The maximum absolute atomic E-state index is 5.97. The lowest BCUT2D eigenvalue weighted by molar-refractivity contribution is 0.131. The van der Waals surface area contributed by atoms with Crippen molar-refractivity contribution in [1.29, 1.82) is 0 Å². The summed E-state index contributed by atoms with van der Waals surface area (Å²) >= 11 is 5.97. The molecule has 4 heteroatoms. The van der Waals surface area contributed by atoms with Crippen molar-refractivity contribution < 1.29 is 0 Å². The van der Waals surface area contributed by atoms with Crippen LogP contribution in [0.2, 0.25) is 5.02 Å². The van der Waals surface area contributed by atoms with E-state index in [-0.39, 0.29) is 0 Å². The van der Waals surface area contributed by atoms with Crippen LogP contribution in [0.25, 0.3) is 0 Å². The quantitative estimate of drug-likeness (QED) is 0.871. The molecule has 2 rings (SSSR count). The van der Waals surface area contributed by atoms with Gasteiger partial charge in [0.25, 0.3) is 0 Å². The van der Waals surface area contributed by atoms with Gasteiger partial charge in [-0.15, -0.1) is 0 Å². The fourth-order valence-electron chi connectivity index (χ4n) is 3.19. The van der Waals surface area contributed by atoms with Crippen molar-refractivity contribution in [3.8, 4) is 0 Å². The Bertz CT molecular complexity index is 421. The van der Waals surface area contributed by atoms with Crippen molar-refractivity contribution in [2.75, 3.05) is 40.8 Å². The molecule has 3 nitrogen and oxygen atoms in total. The summed E-state index contributed by atoms with van der Waals surface area (Å²) in [7, 11) is 6.52. The lowest BCUT2D eigenvalue weighted by Crippen LogP contribution is -2.45. The maximum Gasteiger partial charge on any atom is 0.0406 e. The van der Waals surface area contributed by atoms with Crippen LogP contribution in [0.3, 0.4) is 0 Å². The molecule has 1 saturated heterocycles. The van der Waals surface area contributed by atoms with Crippen LogP contribution in [-0.2, 0) is 0 Å². The molecule has 1 N–H and O–H groups in total. The Morgan fingerprint density at radius 3 is 2.71 bits per heavy atom. The van der Waals surface area contributed by atoms with Gasteiger partial charge in [0.05, 0.1) is 0 Å². The predicted molar refractivity (Wildman–Crippen MR) is 91.0 cm³/mol. The fourth-order valence-corrected chi connectivity index (χ4v) is 3.31. The number of hydrogen-bond donors (Lipinski definition) is 1. The van der Waals surface area contributed by atoms with Crippen molar-refractivity contribution >= 4 is 11.6 Å². The van der Waals surface area contributed by atoms with Gasteiger partial charge in [0.2, 0.25) is 0 Å². The molecular weight excluding hydrogens is 282 g/mol. The van der Waals surface area contributed by atoms with E-state index in [4.69, 9.17) is 11.6 Å². The topological polar surface area (TPSA) is 18.5 Å². The Morgan fingerprint density at radius 2 is 2.10 bits per heavy atom. The lowest BCUT2D eigenvalue weighted by atomic mass is 10.0. The predicted octanol–water partition coefficient (Wildman–Crippen LogP) is 3.02. The van der Waals surface area contributed by atoms with Crippen LogP contribution in [0.4, 0.5) is 0 Å². The van der Waals surface area contributed by atoms with Gasteiger partial charge in [0.1, 0.15) is 0 Å². The average molecular weight is 310 g/mol. The molecule has 1 aromatic rings. The zero-order valence-corrected chi connectivity index (χ0v) is 14.2. The van der Waals surface area contributed by atoms with Crippen LogP contribution in [0.5, 0.6) is 0 Å². The summed E-state index contributed by atoms with van der Waals surface area (Å²) in [6, 6.07) is 9.29. The van der Waals surface area contributed by atoms with E-state index in [2.05, 4.69) is 41.3 Å².